The third-order valence-corrected chi connectivity index (χ3v) is 3.61. The quantitative estimate of drug-likeness (QED) is 0.796. The Balaban J connectivity index is 2.13. The summed E-state index contributed by atoms with van der Waals surface area (Å²) in [6.45, 7) is 3.07. The van der Waals surface area contributed by atoms with Crippen molar-refractivity contribution in [1.82, 2.24) is 15.2 Å². The fourth-order valence-corrected chi connectivity index (χ4v) is 2.73. The first kappa shape index (κ1) is 13.1. The summed E-state index contributed by atoms with van der Waals surface area (Å²) >= 11 is 0. The van der Waals surface area contributed by atoms with Crippen LogP contribution in [0.1, 0.15) is 43.4 Å². The number of carbonyl (C=O) groups is 1. The molecular weight excluding hydrogens is 226 g/mol. The van der Waals surface area contributed by atoms with Gasteiger partial charge in [0.05, 0.1) is 0 Å². The molecule has 1 heterocycles. The first-order chi connectivity index (χ1) is 8.74. The second-order valence-electron chi connectivity index (χ2n) is 4.95. The standard InChI is InChI=1S/C14H23N3O/c1-3-16-14(18)10-17-8-11-6-4-5-7-13(15-2)12(11)9-17/h8-9,13,15H,3-7,10H2,1-2H3,(H,16,18). The van der Waals surface area contributed by atoms with Crippen molar-refractivity contribution in [2.45, 2.75) is 45.2 Å². The average molecular weight is 249 g/mol. The van der Waals surface area contributed by atoms with Crippen molar-refractivity contribution in [2.24, 2.45) is 0 Å². The van der Waals surface area contributed by atoms with Gasteiger partial charge in [0.2, 0.25) is 5.91 Å². The molecule has 1 aliphatic carbocycles. The van der Waals surface area contributed by atoms with Crippen molar-refractivity contribution >= 4 is 5.91 Å². The van der Waals surface area contributed by atoms with Crippen molar-refractivity contribution in [2.75, 3.05) is 13.6 Å². The van der Waals surface area contributed by atoms with Gasteiger partial charge in [-0.15, -0.1) is 0 Å². The first-order valence-corrected chi connectivity index (χ1v) is 6.87. The Morgan fingerprint density at radius 3 is 3.00 bits per heavy atom. The lowest BCUT2D eigenvalue weighted by molar-refractivity contribution is -0.121. The van der Waals surface area contributed by atoms with E-state index in [4.69, 9.17) is 0 Å². The van der Waals surface area contributed by atoms with Gasteiger partial charge in [-0.3, -0.25) is 4.79 Å². The van der Waals surface area contributed by atoms with E-state index in [2.05, 4.69) is 23.0 Å². The van der Waals surface area contributed by atoms with Gasteiger partial charge in [0.1, 0.15) is 6.54 Å². The average Bonchev–Trinajstić information content (AvgIpc) is 2.63. The molecule has 0 aliphatic heterocycles. The summed E-state index contributed by atoms with van der Waals surface area (Å²) in [5, 5.41) is 6.21. The van der Waals surface area contributed by atoms with Crippen molar-refractivity contribution in [3.8, 4) is 0 Å². The molecule has 1 aliphatic rings. The molecule has 1 aromatic heterocycles. The highest BCUT2D eigenvalue weighted by atomic mass is 16.1. The van der Waals surface area contributed by atoms with Gasteiger partial charge in [0.15, 0.2) is 0 Å². The molecular formula is C14H23N3O. The van der Waals surface area contributed by atoms with E-state index in [-0.39, 0.29) is 5.91 Å². The molecule has 1 unspecified atom stereocenters. The van der Waals surface area contributed by atoms with E-state index < -0.39 is 0 Å². The highest BCUT2D eigenvalue weighted by Gasteiger charge is 2.19. The lowest BCUT2D eigenvalue weighted by Gasteiger charge is -2.13. The summed E-state index contributed by atoms with van der Waals surface area (Å²) in [5.74, 6) is 0.0867. The molecule has 1 aromatic rings. The number of carbonyl (C=O) groups excluding carboxylic acids is 1. The molecule has 0 aromatic carbocycles. The summed E-state index contributed by atoms with van der Waals surface area (Å²) in [7, 11) is 2.01. The summed E-state index contributed by atoms with van der Waals surface area (Å²) < 4.78 is 2.02. The van der Waals surface area contributed by atoms with E-state index >= 15 is 0 Å². The Hall–Kier alpha value is -1.29. The zero-order valence-corrected chi connectivity index (χ0v) is 11.3. The number of aromatic nitrogens is 1. The van der Waals surface area contributed by atoms with Crippen molar-refractivity contribution < 1.29 is 4.79 Å². The maximum absolute atomic E-state index is 11.6. The fraction of sp³-hybridized carbons (Fsp3) is 0.643. The number of aryl methyl sites for hydroxylation is 1. The van der Waals surface area contributed by atoms with E-state index in [9.17, 15) is 4.79 Å². The highest BCUT2D eigenvalue weighted by Crippen LogP contribution is 2.29. The van der Waals surface area contributed by atoms with Crippen molar-refractivity contribution in [3.05, 3.63) is 23.5 Å². The lowest BCUT2D eigenvalue weighted by atomic mass is 10.1. The highest BCUT2D eigenvalue weighted by molar-refractivity contribution is 5.75. The number of likely N-dealkylation sites (N-methyl/N-ethyl adjacent to an activating group) is 1. The minimum atomic E-state index is 0.0867. The maximum atomic E-state index is 11.6. The molecule has 1 amide bonds. The molecule has 4 heteroatoms. The smallest absolute Gasteiger partial charge is 0.239 e. The van der Waals surface area contributed by atoms with Gasteiger partial charge < -0.3 is 15.2 Å². The molecule has 2 rings (SSSR count). The molecule has 4 nitrogen and oxygen atoms in total. The van der Waals surface area contributed by atoms with E-state index in [0.717, 1.165) is 6.42 Å². The van der Waals surface area contributed by atoms with Crippen LogP contribution in [0.2, 0.25) is 0 Å². The predicted molar refractivity (Wildman–Crippen MR) is 72.5 cm³/mol. The Morgan fingerprint density at radius 2 is 2.28 bits per heavy atom. The number of rotatable bonds is 4. The number of hydrogen-bond donors (Lipinski definition) is 2. The Bertz CT molecular complexity index is 411. The van der Waals surface area contributed by atoms with Crippen molar-refractivity contribution in [1.29, 1.82) is 0 Å². The van der Waals surface area contributed by atoms with E-state index in [1.807, 2.05) is 18.5 Å². The first-order valence-electron chi connectivity index (χ1n) is 6.87. The molecule has 0 radical (unpaired) electrons. The van der Waals surface area contributed by atoms with Crippen LogP contribution in [0.4, 0.5) is 0 Å². The maximum Gasteiger partial charge on any atom is 0.239 e. The minimum absolute atomic E-state index is 0.0867. The second kappa shape index (κ2) is 6.05. The molecule has 0 spiro atoms. The molecule has 100 valence electrons. The third-order valence-electron chi connectivity index (χ3n) is 3.61. The zero-order valence-electron chi connectivity index (χ0n) is 11.3. The molecule has 0 bridgehead atoms. The van der Waals surface area contributed by atoms with Gasteiger partial charge in [-0.05, 0) is 44.4 Å². The number of fused-ring (bicyclic) bond motifs is 1. The second-order valence-corrected chi connectivity index (χ2v) is 4.95. The summed E-state index contributed by atoms with van der Waals surface area (Å²) in [6.07, 6.45) is 9.12. The lowest BCUT2D eigenvalue weighted by Crippen LogP contribution is -2.26. The van der Waals surface area contributed by atoms with E-state index in [1.165, 1.54) is 30.4 Å². The van der Waals surface area contributed by atoms with Gasteiger partial charge in [-0.2, -0.15) is 0 Å². The van der Waals surface area contributed by atoms with Crippen LogP contribution in [0, 0.1) is 0 Å². The van der Waals surface area contributed by atoms with Crippen LogP contribution in [0.25, 0.3) is 0 Å². The minimum Gasteiger partial charge on any atom is -0.355 e. The van der Waals surface area contributed by atoms with E-state index in [0.29, 0.717) is 19.1 Å². The Labute approximate surface area is 109 Å². The summed E-state index contributed by atoms with van der Waals surface area (Å²) in [5.41, 5.74) is 2.77. The number of amides is 1. The largest absolute Gasteiger partial charge is 0.355 e. The summed E-state index contributed by atoms with van der Waals surface area (Å²) in [6, 6.07) is 0.443. The number of nitrogens with zero attached hydrogens (tertiary/aromatic N) is 1. The third kappa shape index (κ3) is 2.93. The van der Waals surface area contributed by atoms with E-state index in [1.54, 1.807) is 0 Å². The van der Waals surface area contributed by atoms with Crippen molar-refractivity contribution in [3.63, 3.8) is 0 Å². The monoisotopic (exact) mass is 249 g/mol. The molecule has 1 atom stereocenters. The molecule has 0 saturated carbocycles. The topological polar surface area (TPSA) is 46.1 Å². The molecule has 2 N–H and O–H groups in total. The zero-order chi connectivity index (χ0) is 13.0. The van der Waals surface area contributed by atoms with Crippen LogP contribution in [0.15, 0.2) is 12.4 Å². The summed E-state index contributed by atoms with van der Waals surface area (Å²) in [4.78, 5) is 11.6. The SMILES string of the molecule is CCNC(=O)Cn1cc2c(c1)C(NC)CCCC2. The van der Waals surface area contributed by atoms with Crippen LogP contribution in [0.5, 0.6) is 0 Å². The van der Waals surface area contributed by atoms with Gasteiger partial charge in [-0.1, -0.05) is 6.42 Å². The van der Waals surface area contributed by atoms with Gasteiger partial charge >= 0.3 is 0 Å². The Kier molecular flexibility index (Phi) is 4.42. The van der Waals surface area contributed by atoms with Crippen LogP contribution in [0.3, 0.4) is 0 Å². The number of nitrogens with one attached hydrogen (secondary N) is 2. The molecule has 0 fully saturated rings. The molecule has 0 saturated heterocycles. The fourth-order valence-electron chi connectivity index (χ4n) is 2.73. The normalized spacial score (nSPS) is 19.1. The van der Waals surface area contributed by atoms with Crippen LogP contribution in [-0.4, -0.2) is 24.1 Å². The van der Waals surface area contributed by atoms with Crippen LogP contribution >= 0.6 is 0 Å². The molecule has 18 heavy (non-hydrogen) atoms. The van der Waals surface area contributed by atoms with Gasteiger partial charge in [-0.25, -0.2) is 0 Å². The van der Waals surface area contributed by atoms with Crippen LogP contribution in [-0.2, 0) is 17.8 Å². The van der Waals surface area contributed by atoms with Crippen LogP contribution < -0.4 is 10.6 Å². The predicted octanol–water partition coefficient (Wildman–Crippen LogP) is 1.61. The van der Waals surface area contributed by atoms with Gasteiger partial charge in [0.25, 0.3) is 0 Å². The Morgan fingerprint density at radius 1 is 1.44 bits per heavy atom. The van der Waals surface area contributed by atoms with Gasteiger partial charge in [0, 0.05) is 25.0 Å². The number of hydrogen-bond acceptors (Lipinski definition) is 2.